The molecule has 1 aromatic carbocycles. The number of aryl methyl sites for hydroxylation is 1. The van der Waals surface area contributed by atoms with Crippen LogP contribution in [0.5, 0.6) is 0 Å². The Morgan fingerprint density at radius 2 is 1.84 bits per heavy atom. The molecule has 1 amide bonds. The standard InChI is InChI=1S/C23H24F3N3O3/c1-22(2,3)32-21(30)29-11-9-14(10-12-29)18-7-8-19(31-18)20-27-16-6-5-15(23(24,25)26)13-17(16)28(20)4/h5-9,13H,10-12H2,1-4H3. The van der Waals surface area contributed by atoms with E-state index in [9.17, 15) is 18.0 Å². The van der Waals surface area contributed by atoms with Crippen LogP contribution in [-0.4, -0.2) is 39.2 Å². The van der Waals surface area contributed by atoms with Gasteiger partial charge in [0.1, 0.15) is 11.4 Å². The molecule has 0 N–H and O–H groups in total. The summed E-state index contributed by atoms with van der Waals surface area (Å²) in [6.45, 7) is 6.39. The molecule has 2 aromatic heterocycles. The Morgan fingerprint density at radius 1 is 1.12 bits per heavy atom. The van der Waals surface area contributed by atoms with Crippen LogP contribution < -0.4 is 0 Å². The Balaban J connectivity index is 1.55. The van der Waals surface area contributed by atoms with Crippen molar-refractivity contribution in [1.29, 1.82) is 0 Å². The number of nitrogens with zero attached hydrogens (tertiary/aromatic N) is 3. The number of ether oxygens (including phenoxy) is 1. The number of aromatic nitrogens is 2. The highest BCUT2D eigenvalue weighted by Gasteiger charge is 2.31. The lowest BCUT2D eigenvalue weighted by Gasteiger charge is -2.29. The molecular formula is C23H24F3N3O3. The second-order valence-corrected chi connectivity index (χ2v) is 8.77. The average molecular weight is 447 g/mol. The number of hydrogen-bond acceptors (Lipinski definition) is 4. The van der Waals surface area contributed by atoms with Gasteiger partial charge in [-0.15, -0.1) is 0 Å². The first-order valence-electron chi connectivity index (χ1n) is 10.2. The number of imidazole rings is 1. The van der Waals surface area contributed by atoms with Crippen LogP contribution in [-0.2, 0) is 18.0 Å². The molecule has 9 heteroatoms. The number of fused-ring (bicyclic) bond motifs is 1. The quantitative estimate of drug-likeness (QED) is 0.493. The van der Waals surface area contributed by atoms with Gasteiger partial charge in [0.25, 0.3) is 0 Å². The maximum absolute atomic E-state index is 13.1. The number of amides is 1. The van der Waals surface area contributed by atoms with Crippen LogP contribution >= 0.6 is 0 Å². The number of benzene rings is 1. The molecule has 1 aliphatic rings. The number of rotatable bonds is 2. The molecular weight excluding hydrogens is 423 g/mol. The summed E-state index contributed by atoms with van der Waals surface area (Å²) in [4.78, 5) is 18.3. The molecule has 0 spiro atoms. The van der Waals surface area contributed by atoms with Gasteiger partial charge in [0.2, 0.25) is 0 Å². The van der Waals surface area contributed by atoms with Crippen molar-refractivity contribution in [2.45, 2.75) is 39.0 Å². The van der Waals surface area contributed by atoms with Gasteiger partial charge in [-0.05, 0) is 63.1 Å². The van der Waals surface area contributed by atoms with Crippen molar-refractivity contribution in [2.24, 2.45) is 7.05 Å². The molecule has 6 nitrogen and oxygen atoms in total. The SMILES string of the molecule is Cn1c(-c2ccc(C3=CCN(C(=O)OC(C)(C)C)CC3)o2)nc2ccc(C(F)(F)F)cc21. The zero-order chi connectivity index (χ0) is 23.3. The first-order valence-corrected chi connectivity index (χ1v) is 10.2. The highest BCUT2D eigenvalue weighted by Crippen LogP contribution is 2.34. The first kappa shape index (κ1) is 22.0. The Hall–Kier alpha value is -3.23. The summed E-state index contributed by atoms with van der Waals surface area (Å²) in [5, 5.41) is 0. The number of carbonyl (C=O) groups is 1. The maximum Gasteiger partial charge on any atom is 0.416 e. The van der Waals surface area contributed by atoms with Gasteiger partial charge in [0, 0.05) is 20.1 Å². The van der Waals surface area contributed by atoms with Gasteiger partial charge in [0.15, 0.2) is 11.6 Å². The van der Waals surface area contributed by atoms with Crippen LogP contribution in [0.25, 0.3) is 28.2 Å². The minimum Gasteiger partial charge on any atom is -0.453 e. The summed E-state index contributed by atoms with van der Waals surface area (Å²) in [5.41, 5.74) is 0.510. The average Bonchev–Trinajstić information content (AvgIpc) is 3.31. The Labute approximate surface area is 183 Å². The number of hydrogen-bond donors (Lipinski definition) is 0. The minimum absolute atomic E-state index is 0.356. The first-order chi connectivity index (χ1) is 14.9. The van der Waals surface area contributed by atoms with Gasteiger partial charge in [-0.3, -0.25) is 0 Å². The monoisotopic (exact) mass is 447 g/mol. The van der Waals surface area contributed by atoms with E-state index in [4.69, 9.17) is 9.15 Å². The van der Waals surface area contributed by atoms with Crippen LogP contribution in [0.4, 0.5) is 18.0 Å². The lowest BCUT2D eigenvalue weighted by Crippen LogP contribution is -2.39. The normalized spacial score (nSPS) is 15.2. The van der Waals surface area contributed by atoms with Crippen LogP contribution in [0.2, 0.25) is 0 Å². The molecule has 0 radical (unpaired) electrons. The Kier molecular flexibility index (Phi) is 5.30. The van der Waals surface area contributed by atoms with Gasteiger partial charge < -0.3 is 18.6 Å². The van der Waals surface area contributed by atoms with Crippen molar-refractivity contribution in [3.8, 4) is 11.6 Å². The number of furan rings is 1. The third-order valence-electron chi connectivity index (χ3n) is 5.21. The highest BCUT2D eigenvalue weighted by molar-refractivity contribution is 5.81. The molecule has 170 valence electrons. The van der Waals surface area contributed by atoms with Crippen LogP contribution in [0.15, 0.2) is 40.8 Å². The number of halogens is 3. The molecule has 0 fully saturated rings. The summed E-state index contributed by atoms with van der Waals surface area (Å²) >= 11 is 0. The fraction of sp³-hybridized carbons (Fsp3) is 0.391. The van der Waals surface area contributed by atoms with Gasteiger partial charge in [-0.2, -0.15) is 13.2 Å². The minimum atomic E-state index is -4.42. The molecule has 0 unspecified atom stereocenters. The summed E-state index contributed by atoms with van der Waals surface area (Å²) in [6.07, 6.45) is -2.26. The number of carbonyl (C=O) groups excluding carboxylic acids is 1. The van der Waals surface area contributed by atoms with Crippen molar-refractivity contribution in [3.63, 3.8) is 0 Å². The molecule has 32 heavy (non-hydrogen) atoms. The van der Waals surface area contributed by atoms with E-state index in [1.807, 2.05) is 32.9 Å². The van der Waals surface area contributed by atoms with Gasteiger partial charge in [-0.25, -0.2) is 9.78 Å². The van der Waals surface area contributed by atoms with E-state index < -0.39 is 17.3 Å². The van der Waals surface area contributed by atoms with Crippen LogP contribution in [0, 0.1) is 0 Å². The molecule has 0 atom stereocenters. The molecule has 0 saturated heterocycles. The zero-order valence-electron chi connectivity index (χ0n) is 18.3. The predicted octanol–water partition coefficient (Wildman–Crippen LogP) is 5.88. The van der Waals surface area contributed by atoms with Crippen molar-refractivity contribution in [3.05, 3.63) is 47.7 Å². The van der Waals surface area contributed by atoms with E-state index in [0.29, 0.717) is 47.9 Å². The second-order valence-electron chi connectivity index (χ2n) is 8.77. The van der Waals surface area contributed by atoms with E-state index >= 15 is 0 Å². The topological polar surface area (TPSA) is 60.5 Å². The smallest absolute Gasteiger partial charge is 0.416 e. The van der Waals surface area contributed by atoms with E-state index in [2.05, 4.69) is 4.98 Å². The molecule has 0 aliphatic carbocycles. The van der Waals surface area contributed by atoms with Crippen molar-refractivity contribution in [2.75, 3.05) is 13.1 Å². The summed E-state index contributed by atoms with van der Waals surface area (Å²) < 4.78 is 52.2. The molecule has 3 heterocycles. The van der Waals surface area contributed by atoms with Crippen molar-refractivity contribution in [1.82, 2.24) is 14.5 Å². The van der Waals surface area contributed by atoms with Crippen LogP contribution in [0.1, 0.15) is 38.5 Å². The lowest BCUT2D eigenvalue weighted by atomic mass is 10.1. The Morgan fingerprint density at radius 3 is 2.47 bits per heavy atom. The number of alkyl halides is 3. The van der Waals surface area contributed by atoms with Crippen molar-refractivity contribution >= 4 is 22.7 Å². The fourth-order valence-electron chi connectivity index (χ4n) is 3.60. The van der Waals surface area contributed by atoms with Gasteiger partial charge in [-0.1, -0.05) is 6.08 Å². The van der Waals surface area contributed by atoms with E-state index in [1.165, 1.54) is 6.07 Å². The predicted molar refractivity (Wildman–Crippen MR) is 114 cm³/mol. The molecule has 1 aliphatic heterocycles. The molecule has 3 aromatic rings. The van der Waals surface area contributed by atoms with E-state index in [0.717, 1.165) is 17.7 Å². The second kappa shape index (κ2) is 7.72. The third kappa shape index (κ3) is 4.37. The van der Waals surface area contributed by atoms with E-state index in [1.54, 1.807) is 22.6 Å². The largest absolute Gasteiger partial charge is 0.453 e. The molecule has 0 saturated carbocycles. The molecule has 0 bridgehead atoms. The maximum atomic E-state index is 13.1. The zero-order valence-corrected chi connectivity index (χ0v) is 18.3. The lowest BCUT2D eigenvalue weighted by molar-refractivity contribution is -0.137. The summed E-state index contributed by atoms with van der Waals surface area (Å²) in [5.74, 6) is 1.55. The van der Waals surface area contributed by atoms with Gasteiger partial charge in [0.05, 0.1) is 16.6 Å². The highest BCUT2D eigenvalue weighted by atomic mass is 19.4. The molecule has 4 rings (SSSR count). The fourth-order valence-corrected chi connectivity index (χ4v) is 3.60. The van der Waals surface area contributed by atoms with Crippen molar-refractivity contribution < 1.29 is 27.1 Å². The Bertz CT molecular complexity index is 1200. The summed E-state index contributed by atoms with van der Waals surface area (Å²) in [6, 6.07) is 7.04. The van der Waals surface area contributed by atoms with Crippen LogP contribution in [0.3, 0.4) is 0 Å². The van der Waals surface area contributed by atoms with E-state index in [-0.39, 0.29) is 6.09 Å². The van der Waals surface area contributed by atoms with Gasteiger partial charge >= 0.3 is 12.3 Å². The summed E-state index contributed by atoms with van der Waals surface area (Å²) in [7, 11) is 1.66. The third-order valence-corrected chi connectivity index (χ3v) is 5.21.